The lowest BCUT2D eigenvalue weighted by Gasteiger charge is -2.51. The minimum atomic E-state index is 0.605. The van der Waals surface area contributed by atoms with Gasteiger partial charge in [0.05, 0.1) is 5.69 Å². The Morgan fingerprint density at radius 3 is 2.62 bits per heavy atom. The Kier molecular flexibility index (Phi) is 6.76. The Hall–Kier alpha value is -1.96. The molecule has 0 spiro atoms. The molecule has 4 unspecified atom stereocenters. The van der Waals surface area contributed by atoms with Gasteiger partial charge in [-0.15, -0.1) is 0 Å². The van der Waals surface area contributed by atoms with Crippen molar-refractivity contribution in [3.63, 3.8) is 0 Å². The number of hydrogen-bond donors (Lipinski definition) is 2. The molecule has 0 amide bonds. The number of fused-ring (bicyclic) bond motifs is 3. The number of anilines is 1. The normalized spacial score (nSPS) is 28.5. The molecule has 6 nitrogen and oxygen atoms in total. The fourth-order valence-corrected chi connectivity index (χ4v) is 5.95. The first-order valence-electron chi connectivity index (χ1n) is 12.3. The van der Waals surface area contributed by atoms with Crippen LogP contribution in [0.5, 0.6) is 0 Å². The number of nitrogens with one attached hydrogen (secondary N) is 2. The molecular weight excluding hydrogens is 416 g/mol. The summed E-state index contributed by atoms with van der Waals surface area (Å²) in [6, 6.07) is 10.7. The van der Waals surface area contributed by atoms with Gasteiger partial charge in [-0.2, -0.15) is 5.10 Å². The van der Waals surface area contributed by atoms with Gasteiger partial charge in [0.2, 0.25) is 0 Å². The van der Waals surface area contributed by atoms with Crippen molar-refractivity contribution in [2.24, 2.45) is 17.8 Å². The van der Waals surface area contributed by atoms with Crippen LogP contribution < -0.4 is 10.6 Å². The van der Waals surface area contributed by atoms with Gasteiger partial charge in [-0.25, -0.2) is 4.68 Å². The van der Waals surface area contributed by atoms with E-state index in [1.165, 1.54) is 58.4 Å². The summed E-state index contributed by atoms with van der Waals surface area (Å²) in [6.45, 7) is 9.76. The van der Waals surface area contributed by atoms with Crippen LogP contribution in [0.2, 0.25) is 0 Å². The van der Waals surface area contributed by atoms with Crippen LogP contribution in [0, 0.1) is 17.8 Å². The number of thiocarbonyl (C=S) groups is 1. The highest BCUT2D eigenvalue weighted by molar-refractivity contribution is 7.80. The maximum absolute atomic E-state index is 5.58. The van der Waals surface area contributed by atoms with Crippen molar-refractivity contribution >= 4 is 23.0 Å². The van der Waals surface area contributed by atoms with Crippen molar-refractivity contribution in [2.75, 3.05) is 44.6 Å². The summed E-state index contributed by atoms with van der Waals surface area (Å²) in [6.07, 6.45) is 9.17. The molecule has 5 heterocycles. The first-order valence-corrected chi connectivity index (χ1v) is 12.7. The van der Waals surface area contributed by atoms with E-state index >= 15 is 0 Å². The first kappa shape index (κ1) is 21.9. The van der Waals surface area contributed by atoms with E-state index in [-0.39, 0.29) is 0 Å². The van der Waals surface area contributed by atoms with Crippen molar-refractivity contribution in [2.45, 2.75) is 38.6 Å². The van der Waals surface area contributed by atoms with Crippen LogP contribution in [-0.4, -0.2) is 70.0 Å². The molecule has 6 rings (SSSR count). The molecule has 172 valence electrons. The monoisotopic (exact) mass is 452 g/mol. The second-order valence-corrected chi connectivity index (χ2v) is 10.4. The van der Waals surface area contributed by atoms with E-state index in [9.17, 15) is 0 Å². The molecule has 4 aliphatic heterocycles. The van der Waals surface area contributed by atoms with Crippen molar-refractivity contribution in [1.29, 1.82) is 0 Å². The first-order chi connectivity index (χ1) is 15.6. The van der Waals surface area contributed by atoms with Crippen molar-refractivity contribution < 1.29 is 0 Å². The standard InChI is InChI=1S/C25H36N6S/c1-19-7-12-29(13-8-19)17-21-18-30-14-9-20(21)15-24(30)16-26-25(32)28-22-3-5-23(6-4-22)31-11-2-10-27-31/h2-6,10-11,19-21,24H,7-9,12-18H2,1H3,(H2,26,28,32). The lowest BCUT2D eigenvalue weighted by molar-refractivity contribution is -0.0138. The third-order valence-corrected chi connectivity index (χ3v) is 8.02. The highest BCUT2D eigenvalue weighted by Gasteiger charge is 2.40. The predicted octanol–water partition coefficient (Wildman–Crippen LogP) is 3.60. The summed E-state index contributed by atoms with van der Waals surface area (Å²) in [5.74, 6) is 2.65. The Bertz CT molecular complexity index is 874. The van der Waals surface area contributed by atoms with Crippen molar-refractivity contribution in [1.82, 2.24) is 24.9 Å². The lowest BCUT2D eigenvalue weighted by atomic mass is 9.75. The summed E-state index contributed by atoms with van der Waals surface area (Å²) in [7, 11) is 0. The summed E-state index contributed by atoms with van der Waals surface area (Å²) in [5, 5.41) is 11.8. The summed E-state index contributed by atoms with van der Waals surface area (Å²) in [4.78, 5) is 5.45. The van der Waals surface area contributed by atoms with E-state index in [0.29, 0.717) is 11.2 Å². The van der Waals surface area contributed by atoms with Gasteiger partial charge in [0.1, 0.15) is 0 Å². The Morgan fingerprint density at radius 2 is 1.94 bits per heavy atom. The van der Waals surface area contributed by atoms with E-state index in [1.54, 1.807) is 6.20 Å². The van der Waals surface area contributed by atoms with Crippen LogP contribution in [0.4, 0.5) is 5.69 Å². The van der Waals surface area contributed by atoms with Crippen molar-refractivity contribution in [3.05, 3.63) is 42.7 Å². The SMILES string of the molecule is CC1CCN(CC2CN3CCC2CC3CNC(=S)Nc2ccc(-n3cccn3)cc2)CC1. The minimum Gasteiger partial charge on any atom is -0.361 e. The fraction of sp³-hybridized carbons (Fsp3) is 0.600. The maximum Gasteiger partial charge on any atom is 0.170 e. The molecule has 0 saturated carbocycles. The van der Waals surface area contributed by atoms with E-state index in [2.05, 4.69) is 32.5 Å². The van der Waals surface area contributed by atoms with Gasteiger partial charge in [-0.1, -0.05) is 6.92 Å². The van der Waals surface area contributed by atoms with E-state index in [0.717, 1.165) is 35.7 Å². The molecule has 4 fully saturated rings. The third kappa shape index (κ3) is 5.16. The van der Waals surface area contributed by atoms with Crippen LogP contribution in [-0.2, 0) is 0 Å². The number of aromatic nitrogens is 2. The van der Waals surface area contributed by atoms with Crippen LogP contribution in [0.1, 0.15) is 32.6 Å². The number of nitrogens with zero attached hydrogens (tertiary/aromatic N) is 4. The highest BCUT2D eigenvalue weighted by Crippen LogP contribution is 2.37. The Morgan fingerprint density at radius 1 is 1.12 bits per heavy atom. The molecule has 2 N–H and O–H groups in total. The molecule has 2 aromatic rings. The number of hydrogen-bond acceptors (Lipinski definition) is 4. The zero-order valence-electron chi connectivity index (χ0n) is 19.1. The van der Waals surface area contributed by atoms with Gasteiger partial charge >= 0.3 is 0 Å². The molecular formula is C25H36N6S. The summed E-state index contributed by atoms with van der Waals surface area (Å²) in [5.41, 5.74) is 2.04. The molecule has 32 heavy (non-hydrogen) atoms. The Balaban J connectivity index is 1.07. The minimum absolute atomic E-state index is 0.605. The van der Waals surface area contributed by atoms with Gasteiger partial charge in [-0.3, -0.25) is 4.90 Å². The van der Waals surface area contributed by atoms with Gasteiger partial charge in [0.25, 0.3) is 0 Å². The van der Waals surface area contributed by atoms with Crippen LogP contribution in [0.15, 0.2) is 42.7 Å². The number of rotatable bonds is 6. The second kappa shape index (κ2) is 9.89. The molecule has 4 atom stereocenters. The largest absolute Gasteiger partial charge is 0.361 e. The molecule has 4 saturated heterocycles. The molecule has 1 aromatic carbocycles. The summed E-state index contributed by atoms with van der Waals surface area (Å²) >= 11 is 5.58. The number of piperidine rings is 4. The molecule has 1 aromatic heterocycles. The van der Waals surface area contributed by atoms with Crippen molar-refractivity contribution in [3.8, 4) is 5.69 Å². The van der Waals surface area contributed by atoms with E-state index < -0.39 is 0 Å². The topological polar surface area (TPSA) is 48.4 Å². The molecule has 4 aliphatic rings. The third-order valence-electron chi connectivity index (χ3n) is 7.78. The average molecular weight is 453 g/mol. The van der Waals surface area contributed by atoms with Crippen LogP contribution >= 0.6 is 12.2 Å². The predicted molar refractivity (Wildman–Crippen MR) is 134 cm³/mol. The average Bonchev–Trinajstić information content (AvgIpc) is 3.35. The van der Waals surface area contributed by atoms with Crippen LogP contribution in [0.25, 0.3) is 5.69 Å². The fourth-order valence-electron chi connectivity index (χ4n) is 5.75. The molecule has 7 heteroatoms. The quantitative estimate of drug-likeness (QED) is 0.653. The van der Waals surface area contributed by atoms with Gasteiger partial charge in [-0.05, 0) is 106 Å². The van der Waals surface area contributed by atoms with Gasteiger partial charge < -0.3 is 15.5 Å². The smallest absolute Gasteiger partial charge is 0.170 e. The number of benzene rings is 1. The van der Waals surface area contributed by atoms with Gasteiger partial charge in [0, 0.05) is 43.8 Å². The molecule has 0 radical (unpaired) electrons. The lowest BCUT2D eigenvalue weighted by Crippen LogP contribution is -2.58. The van der Waals surface area contributed by atoms with Crippen LogP contribution in [0.3, 0.4) is 0 Å². The molecule has 0 aliphatic carbocycles. The molecule has 2 bridgehead atoms. The van der Waals surface area contributed by atoms with Gasteiger partial charge in [0.15, 0.2) is 5.11 Å². The highest BCUT2D eigenvalue weighted by atomic mass is 32.1. The van der Waals surface area contributed by atoms with E-state index in [4.69, 9.17) is 12.2 Å². The second-order valence-electron chi connectivity index (χ2n) is 10.0. The summed E-state index contributed by atoms with van der Waals surface area (Å²) < 4.78 is 1.85. The zero-order chi connectivity index (χ0) is 21.9. The maximum atomic E-state index is 5.58. The van der Waals surface area contributed by atoms with E-state index in [1.807, 2.05) is 41.2 Å². The Labute approximate surface area is 197 Å². The zero-order valence-corrected chi connectivity index (χ0v) is 19.9. The number of likely N-dealkylation sites (tertiary alicyclic amines) is 1.